The summed E-state index contributed by atoms with van der Waals surface area (Å²) in [6, 6.07) is 3.21. The third-order valence-electron chi connectivity index (χ3n) is 3.41. The van der Waals surface area contributed by atoms with E-state index in [1.165, 1.54) is 13.0 Å². The number of nitrogens with zero attached hydrogens (tertiary/aromatic N) is 2. The molecule has 1 aromatic carbocycles. The lowest BCUT2D eigenvalue weighted by molar-refractivity contribution is -0.423. The Morgan fingerprint density at radius 3 is 2.30 bits per heavy atom. The second-order valence-corrected chi connectivity index (χ2v) is 4.94. The topological polar surface area (TPSA) is 165 Å². The SMILES string of the molecule is C[C@@H]1O[C@@H](Oc2cccc([N+](=O)[O-])c2[N+](=O)[O-])[C@@H](O)[C@H](O)[C@@H]1O. The van der Waals surface area contributed by atoms with Crippen LogP contribution in [-0.4, -0.2) is 55.9 Å². The maximum Gasteiger partial charge on any atom is 0.387 e. The van der Waals surface area contributed by atoms with Gasteiger partial charge in [0, 0.05) is 6.07 Å². The number of benzene rings is 1. The first-order valence-corrected chi connectivity index (χ1v) is 6.52. The van der Waals surface area contributed by atoms with Crippen LogP contribution in [0.15, 0.2) is 18.2 Å². The molecule has 0 bridgehead atoms. The smallest absolute Gasteiger partial charge is 0.387 e. The van der Waals surface area contributed by atoms with E-state index in [-0.39, 0.29) is 0 Å². The monoisotopic (exact) mass is 330 g/mol. The second-order valence-electron chi connectivity index (χ2n) is 4.94. The minimum absolute atomic E-state index is 0.496. The lowest BCUT2D eigenvalue weighted by atomic mass is 10.00. The van der Waals surface area contributed by atoms with Crippen molar-refractivity contribution in [1.82, 2.24) is 0 Å². The van der Waals surface area contributed by atoms with E-state index in [4.69, 9.17) is 9.47 Å². The van der Waals surface area contributed by atoms with Gasteiger partial charge in [0.2, 0.25) is 12.0 Å². The van der Waals surface area contributed by atoms with Crippen LogP contribution in [0.25, 0.3) is 0 Å². The van der Waals surface area contributed by atoms with Crippen molar-refractivity contribution >= 4 is 11.4 Å². The summed E-state index contributed by atoms with van der Waals surface area (Å²) >= 11 is 0. The third-order valence-corrected chi connectivity index (χ3v) is 3.41. The van der Waals surface area contributed by atoms with Crippen molar-refractivity contribution in [3.8, 4) is 5.75 Å². The molecule has 2 rings (SSSR count). The maximum absolute atomic E-state index is 11.1. The summed E-state index contributed by atoms with van der Waals surface area (Å²) in [6.45, 7) is 1.40. The first kappa shape index (κ1) is 17.0. The van der Waals surface area contributed by atoms with E-state index in [2.05, 4.69) is 0 Å². The first-order chi connectivity index (χ1) is 10.7. The molecular weight excluding hydrogens is 316 g/mol. The number of rotatable bonds is 4. The molecule has 1 aliphatic heterocycles. The molecule has 0 unspecified atom stereocenters. The number of ether oxygens (including phenoxy) is 2. The van der Waals surface area contributed by atoms with Crippen molar-refractivity contribution < 1.29 is 34.6 Å². The molecule has 3 N–H and O–H groups in total. The van der Waals surface area contributed by atoms with Gasteiger partial charge in [0.1, 0.15) is 18.3 Å². The molecule has 126 valence electrons. The molecule has 0 spiro atoms. The lowest BCUT2D eigenvalue weighted by Gasteiger charge is -2.38. The van der Waals surface area contributed by atoms with Crippen molar-refractivity contribution in [2.45, 2.75) is 37.6 Å². The van der Waals surface area contributed by atoms with E-state index < -0.39 is 57.7 Å². The Bertz CT molecular complexity index is 623. The number of para-hydroxylation sites is 1. The van der Waals surface area contributed by atoms with Crippen molar-refractivity contribution in [3.63, 3.8) is 0 Å². The molecule has 0 aromatic heterocycles. The Kier molecular flexibility index (Phi) is 4.75. The van der Waals surface area contributed by atoms with Crippen LogP contribution >= 0.6 is 0 Å². The zero-order valence-corrected chi connectivity index (χ0v) is 11.8. The van der Waals surface area contributed by atoms with Crippen LogP contribution in [0, 0.1) is 20.2 Å². The van der Waals surface area contributed by atoms with Crippen LogP contribution in [-0.2, 0) is 4.74 Å². The van der Waals surface area contributed by atoms with Gasteiger partial charge in [-0.1, -0.05) is 6.07 Å². The zero-order valence-electron chi connectivity index (χ0n) is 11.8. The summed E-state index contributed by atoms with van der Waals surface area (Å²) in [5.41, 5.74) is -1.69. The molecule has 1 aliphatic rings. The number of aliphatic hydroxyl groups is 3. The Morgan fingerprint density at radius 2 is 1.74 bits per heavy atom. The molecule has 23 heavy (non-hydrogen) atoms. The number of hydrogen-bond donors (Lipinski definition) is 3. The Labute approximate surface area is 129 Å². The van der Waals surface area contributed by atoms with Gasteiger partial charge in [0.05, 0.1) is 16.0 Å². The van der Waals surface area contributed by atoms with E-state index in [1.54, 1.807) is 0 Å². The molecule has 1 heterocycles. The highest BCUT2D eigenvalue weighted by Gasteiger charge is 2.44. The summed E-state index contributed by atoms with van der Waals surface area (Å²) in [7, 11) is 0. The fraction of sp³-hybridized carbons (Fsp3) is 0.500. The molecule has 0 aliphatic carbocycles. The van der Waals surface area contributed by atoms with Gasteiger partial charge in [0.15, 0.2) is 0 Å². The van der Waals surface area contributed by atoms with E-state index >= 15 is 0 Å². The highest BCUT2D eigenvalue weighted by molar-refractivity contribution is 5.61. The van der Waals surface area contributed by atoms with Gasteiger partial charge in [-0.05, 0) is 13.0 Å². The molecule has 1 fully saturated rings. The van der Waals surface area contributed by atoms with Crippen molar-refractivity contribution in [3.05, 3.63) is 38.4 Å². The first-order valence-electron chi connectivity index (χ1n) is 6.52. The largest absolute Gasteiger partial charge is 0.454 e. The lowest BCUT2D eigenvalue weighted by Crippen LogP contribution is -2.58. The number of hydrogen-bond acceptors (Lipinski definition) is 9. The fourth-order valence-corrected chi connectivity index (χ4v) is 2.17. The Hall–Kier alpha value is -2.34. The minimum atomic E-state index is -1.69. The molecule has 1 aromatic rings. The molecule has 0 amide bonds. The summed E-state index contributed by atoms with van der Waals surface area (Å²) in [5, 5.41) is 51.0. The average molecular weight is 330 g/mol. The number of nitro groups is 2. The molecule has 11 nitrogen and oxygen atoms in total. The van der Waals surface area contributed by atoms with E-state index in [0.717, 1.165) is 12.1 Å². The molecule has 5 atom stereocenters. The van der Waals surface area contributed by atoms with Crippen LogP contribution in [0.1, 0.15) is 6.92 Å². The third kappa shape index (κ3) is 3.22. The summed E-state index contributed by atoms with van der Waals surface area (Å²) in [4.78, 5) is 20.0. The van der Waals surface area contributed by atoms with Gasteiger partial charge < -0.3 is 24.8 Å². The summed E-state index contributed by atoms with van der Waals surface area (Å²) < 4.78 is 10.3. The predicted molar refractivity (Wildman–Crippen MR) is 72.7 cm³/mol. The van der Waals surface area contributed by atoms with Crippen molar-refractivity contribution in [2.24, 2.45) is 0 Å². The number of aliphatic hydroxyl groups excluding tert-OH is 3. The zero-order chi connectivity index (χ0) is 17.3. The summed E-state index contributed by atoms with van der Waals surface area (Å²) in [6.07, 6.45) is -7.12. The summed E-state index contributed by atoms with van der Waals surface area (Å²) in [5.74, 6) is -0.496. The van der Waals surface area contributed by atoms with Crippen molar-refractivity contribution in [1.29, 1.82) is 0 Å². The van der Waals surface area contributed by atoms with Gasteiger partial charge in [-0.25, -0.2) is 0 Å². The predicted octanol–water partition coefficient (Wildman–Crippen LogP) is -0.291. The molecular formula is C12H14N2O9. The molecule has 11 heteroatoms. The molecule has 0 saturated carbocycles. The van der Waals surface area contributed by atoms with Gasteiger partial charge in [-0.3, -0.25) is 20.2 Å². The van der Waals surface area contributed by atoms with Crippen molar-refractivity contribution in [2.75, 3.05) is 0 Å². The van der Waals surface area contributed by atoms with Gasteiger partial charge >= 0.3 is 11.4 Å². The van der Waals surface area contributed by atoms with Crippen LogP contribution in [0.3, 0.4) is 0 Å². The fourth-order valence-electron chi connectivity index (χ4n) is 2.17. The number of nitro benzene ring substituents is 2. The van der Waals surface area contributed by atoms with Crippen LogP contribution in [0.4, 0.5) is 11.4 Å². The van der Waals surface area contributed by atoms with Crippen LogP contribution in [0.5, 0.6) is 5.75 Å². The van der Waals surface area contributed by atoms with E-state index in [9.17, 15) is 35.5 Å². The highest BCUT2D eigenvalue weighted by Crippen LogP contribution is 2.37. The Morgan fingerprint density at radius 1 is 1.09 bits per heavy atom. The van der Waals surface area contributed by atoms with E-state index in [1.807, 2.05) is 0 Å². The van der Waals surface area contributed by atoms with Gasteiger partial charge in [0.25, 0.3) is 0 Å². The van der Waals surface area contributed by atoms with Gasteiger partial charge in [-0.15, -0.1) is 0 Å². The molecule has 0 radical (unpaired) electrons. The quantitative estimate of drug-likeness (QED) is 0.496. The highest BCUT2D eigenvalue weighted by atomic mass is 16.7. The second kappa shape index (κ2) is 6.42. The maximum atomic E-state index is 11.1. The Balaban J connectivity index is 2.35. The van der Waals surface area contributed by atoms with Gasteiger partial charge in [-0.2, -0.15) is 0 Å². The minimum Gasteiger partial charge on any atom is -0.454 e. The average Bonchev–Trinajstić information content (AvgIpc) is 2.49. The van der Waals surface area contributed by atoms with Crippen LogP contribution in [0.2, 0.25) is 0 Å². The standard InChI is InChI=1S/C12H14N2O9/c1-5-9(15)10(16)11(17)12(22-5)23-7-4-2-3-6(13(18)19)8(7)14(20)21/h2-5,9-12,15-17H,1H3/t5-,9+,10+,11-,12-/m0/s1. The molecule has 1 saturated heterocycles. The van der Waals surface area contributed by atoms with Crippen LogP contribution < -0.4 is 4.74 Å². The normalized spacial score (nSPS) is 30.7. The van der Waals surface area contributed by atoms with E-state index in [0.29, 0.717) is 0 Å².